The van der Waals surface area contributed by atoms with Crippen LogP contribution in [0, 0.1) is 0 Å². The van der Waals surface area contributed by atoms with Crippen molar-refractivity contribution < 1.29 is 19.1 Å². The van der Waals surface area contributed by atoms with Gasteiger partial charge in [0.05, 0.1) is 11.6 Å². The molecule has 2 amide bonds. The van der Waals surface area contributed by atoms with Crippen LogP contribution in [0.25, 0.3) is 0 Å². The Bertz CT molecular complexity index is 881. The van der Waals surface area contributed by atoms with Gasteiger partial charge in [0.25, 0.3) is 5.91 Å². The van der Waals surface area contributed by atoms with Crippen molar-refractivity contribution in [3.63, 3.8) is 0 Å². The average molecular weight is 445 g/mol. The number of benzene rings is 2. The van der Waals surface area contributed by atoms with Crippen molar-refractivity contribution in [1.82, 2.24) is 9.80 Å². The number of aryl methyl sites for hydroxylation is 1. The Kier molecular flexibility index (Phi) is 8.59. The molecule has 2 aromatic carbocycles. The molecule has 7 heteroatoms. The second-order valence-corrected chi connectivity index (χ2v) is 7.80. The SMILES string of the molecule is CCc1ccccc1OCC(=O)N1CCN(C(=O)CCCOc2ccccc2Cl)CC1. The smallest absolute Gasteiger partial charge is 0.260 e. The minimum atomic E-state index is -0.0499. The summed E-state index contributed by atoms with van der Waals surface area (Å²) in [5, 5.41) is 0.566. The Labute approximate surface area is 188 Å². The van der Waals surface area contributed by atoms with E-state index in [9.17, 15) is 9.59 Å². The molecule has 0 aliphatic carbocycles. The van der Waals surface area contributed by atoms with Gasteiger partial charge in [-0.25, -0.2) is 0 Å². The van der Waals surface area contributed by atoms with Crippen LogP contribution in [0.4, 0.5) is 0 Å². The van der Waals surface area contributed by atoms with Crippen LogP contribution in [-0.4, -0.2) is 61.0 Å². The zero-order valence-electron chi connectivity index (χ0n) is 17.9. The van der Waals surface area contributed by atoms with Gasteiger partial charge in [-0.1, -0.05) is 48.9 Å². The lowest BCUT2D eigenvalue weighted by molar-refractivity contribution is -0.140. The van der Waals surface area contributed by atoms with E-state index in [1.54, 1.807) is 11.0 Å². The van der Waals surface area contributed by atoms with Crippen LogP contribution < -0.4 is 9.47 Å². The van der Waals surface area contributed by atoms with Gasteiger partial charge in [0.15, 0.2) is 6.61 Å². The lowest BCUT2D eigenvalue weighted by Gasteiger charge is -2.34. The van der Waals surface area contributed by atoms with Crippen molar-refractivity contribution in [2.45, 2.75) is 26.2 Å². The average Bonchev–Trinajstić information content (AvgIpc) is 2.81. The minimum absolute atomic E-state index is 0.0182. The van der Waals surface area contributed by atoms with Crippen molar-refractivity contribution in [2.75, 3.05) is 39.4 Å². The first kappa shape index (κ1) is 22.9. The molecule has 1 saturated heterocycles. The molecule has 1 aliphatic heterocycles. The Hall–Kier alpha value is -2.73. The van der Waals surface area contributed by atoms with Crippen LogP contribution in [0.5, 0.6) is 11.5 Å². The van der Waals surface area contributed by atoms with E-state index >= 15 is 0 Å². The monoisotopic (exact) mass is 444 g/mol. The van der Waals surface area contributed by atoms with Crippen LogP contribution in [0.15, 0.2) is 48.5 Å². The van der Waals surface area contributed by atoms with Crippen molar-refractivity contribution in [2.24, 2.45) is 0 Å². The number of halogens is 1. The summed E-state index contributed by atoms with van der Waals surface area (Å²) in [6.45, 7) is 4.65. The first-order valence-corrected chi connectivity index (χ1v) is 11.1. The third kappa shape index (κ3) is 6.62. The number of hydrogen-bond donors (Lipinski definition) is 0. The van der Waals surface area contributed by atoms with Gasteiger partial charge in [-0.05, 0) is 36.6 Å². The number of nitrogens with zero attached hydrogens (tertiary/aromatic N) is 2. The van der Waals surface area contributed by atoms with Crippen LogP contribution in [0.1, 0.15) is 25.3 Å². The maximum atomic E-state index is 12.5. The summed E-state index contributed by atoms with van der Waals surface area (Å²) < 4.78 is 11.4. The topological polar surface area (TPSA) is 59.1 Å². The summed E-state index contributed by atoms with van der Waals surface area (Å²) in [5.74, 6) is 1.42. The van der Waals surface area contributed by atoms with E-state index in [1.807, 2.05) is 47.4 Å². The molecule has 1 heterocycles. The number of carbonyl (C=O) groups excluding carboxylic acids is 2. The number of para-hydroxylation sites is 2. The normalized spacial score (nSPS) is 13.7. The highest BCUT2D eigenvalue weighted by atomic mass is 35.5. The predicted octanol–water partition coefficient (Wildman–Crippen LogP) is 3.81. The van der Waals surface area contributed by atoms with Gasteiger partial charge in [-0.2, -0.15) is 0 Å². The lowest BCUT2D eigenvalue weighted by Crippen LogP contribution is -2.51. The van der Waals surface area contributed by atoms with Gasteiger partial charge < -0.3 is 19.3 Å². The van der Waals surface area contributed by atoms with E-state index in [1.165, 1.54) is 0 Å². The molecule has 166 valence electrons. The Morgan fingerprint density at radius 1 is 0.871 bits per heavy atom. The molecule has 0 radical (unpaired) electrons. The van der Waals surface area contributed by atoms with Crippen LogP contribution >= 0.6 is 11.6 Å². The second-order valence-electron chi connectivity index (χ2n) is 7.39. The Balaban J connectivity index is 1.35. The zero-order valence-corrected chi connectivity index (χ0v) is 18.6. The lowest BCUT2D eigenvalue weighted by atomic mass is 10.1. The summed E-state index contributed by atoms with van der Waals surface area (Å²) in [6.07, 6.45) is 1.89. The van der Waals surface area contributed by atoms with Crippen LogP contribution in [-0.2, 0) is 16.0 Å². The fourth-order valence-electron chi connectivity index (χ4n) is 3.50. The molecule has 3 rings (SSSR count). The molecule has 31 heavy (non-hydrogen) atoms. The highest BCUT2D eigenvalue weighted by Gasteiger charge is 2.24. The molecule has 0 aromatic heterocycles. The quantitative estimate of drug-likeness (QED) is 0.552. The van der Waals surface area contributed by atoms with Crippen LogP contribution in [0.2, 0.25) is 5.02 Å². The van der Waals surface area contributed by atoms with Crippen molar-refractivity contribution in [1.29, 1.82) is 0 Å². The molecular formula is C24H29ClN2O4. The first-order valence-electron chi connectivity index (χ1n) is 10.7. The van der Waals surface area contributed by atoms with E-state index in [-0.39, 0.29) is 18.4 Å². The number of hydrogen-bond acceptors (Lipinski definition) is 4. The molecule has 1 fully saturated rings. The van der Waals surface area contributed by atoms with Gasteiger partial charge in [-0.15, -0.1) is 0 Å². The summed E-state index contributed by atoms with van der Waals surface area (Å²) in [4.78, 5) is 28.5. The molecule has 2 aromatic rings. The number of rotatable bonds is 9. The highest BCUT2D eigenvalue weighted by molar-refractivity contribution is 6.32. The first-order chi connectivity index (χ1) is 15.1. The van der Waals surface area contributed by atoms with E-state index in [2.05, 4.69) is 6.92 Å². The van der Waals surface area contributed by atoms with Gasteiger partial charge >= 0.3 is 0 Å². The molecule has 0 atom stereocenters. The van der Waals surface area contributed by atoms with Gasteiger partial charge in [0, 0.05) is 32.6 Å². The largest absolute Gasteiger partial charge is 0.492 e. The molecule has 1 aliphatic rings. The van der Waals surface area contributed by atoms with E-state index in [4.69, 9.17) is 21.1 Å². The van der Waals surface area contributed by atoms with Crippen molar-refractivity contribution in [3.05, 3.63) is 59.1 Å². The second kappa shape index (κ2) is 11.6. The predicted molar refractivity (Wildman–Crippen MR) is 121 cm³/mol. The number of ether oxygens (including phenoxy) is 2. The maximum absolute atomic E-state index is 12.5. The summed E-state index contributed by atoms with van der Waals surface area (Å²) >= 11 is 6.06. The maximum Gasteiger partial charge on any atom is 0.260 e. The number of piperazine rings is 1. The van der Waals surface area contributed by atoms with Crippen molar-refractivity contribution in [3.8, 4) is 11.5 Å². The van der Waals surface area contributed by atoms with Gasteiger partial charge in [-0.3, -0.25) is 9.59 Å². The summed E-state index contributed by atoms with van der Waals surface area (Å²) in [6, 6.07) is 15.1. The number of carbonyl (C=O) groups is 2. The van der Waals surface area contributed by atoms with E-state index < -0.39 is 0 Å². The molecule has 0 N–H and O–H groups in total. The standard InChI is InChI=1S/C24H29ClN2O4/c1-2-19-8-3-5-10-21(19)31-18-24(29)27-15-13-26(14-16-27)23(28)12-7-17-30-22-11-6-4-9-20(22)25/h3-6,8-11H,2,7,12-18H2,1H3. The molecule has 6 nitrogen and oxygen atoms in total. The van der Waals surface area contributed by atoms with E-state index in [0.717, 1.165) is 17.7 Å². The fraction of sp³-hybridized carbons (Fsp3) is 0.417. The van der Waals surface area contributed by atoms with Crippen molar-refractivity contribution >= 4 is 23.4 Å². The third-order valence-electron chi connectivity index (χ3n) is 5.32. The zero-order chi connectivity index (χ0) is 22.1. The van der Waals surface area contributed by atoms with E-state index in [0.29, 0.717) is 56.4 Å². The molecule has 0 bridgehead atoms. The highest BCUT2D eigenvalue weighted by Crippen LogP contribution is 2.23. The number of amides is 2. The fourth-order valence-corrected chi connectivity index (χ4v) is 3.69. The third-order valence-corrected chi connectivity index (χ3v) is 5.63. The van der Waals surface area contributed by atoms with Crippen LogP contribution in [0.3, 0.4) is 0 Å². The molecule has 0 spiro atoms. The molecular weight excluding hydrogens is 416 g/mol. The Morgan fingerprint density at radius 2 is 1.48 bits per heavy atom. The van der Waals surface area contributed by atoms with Gasteiger partial charge in [0.1, 0.15) is 11.5 Å². The minimum Gasteiger partial charge on any atom is -0.492 e. The van der Waals surface area contributed by atoms with Gasteiger partial charge in [0.2, 0.25) is 5.91 Å². The Morgan fingerprint density at radius 3 is 2.16 bits per heavy atom. The summed E-state index contributed by atoms with van der Waals surface area (Å²) in [5.41, 5.74) is 1.09. The molecule has 0 unspecified atom stereocenters. The summed E-state index contributed by atoms with van der Waals surface area (Å²) in [7, 11) is 0. The molecule has 0 saturated carbocycles.